The average Bonchev–Trinajstić information content (AvgIpc) is 2.29. The fourth-order valence-corrected chi connectivity index (χ4v) is 1.54. The summed E-state index contributed by atoms with van der Waals surface area (Å²) in [6, 6.07) is 7.19. The Morgan fingerprint density at radius 3 is 2.35 bits per heavy atom. The van der Waals surface area contributed by atoms with Crippen LogP contribution >= 0.6 is 0 Å². The maximum atomic E-state index is 11.5. The van der Waals surface area contributed by atoms with Gasteiger partial charge in [0.1, 0.15) is 6.04 Å². The number of hydrogen-bond donors (Lipinski definition) is 1. The molecule has 0 saturated carbocycles. The van der Waals surface area contributed by atoms with E-state index >= 15 is 0 Å². The van der Waals surface area contributed by atoms with E-state index < -0.39 is 12.0 Å². The predicted molar refractivity (Wildman–Crippen MR) is 64.5 cm³/mol. The molecule has 1 amide bonds. The molecule has 0 heterocycles. The van der Waals surface area contributed by atoms with E-state index in [1.165, 1.54) is 14.0 Å². The van der Waals surface area contributed by atoms with Gasteiger partial charge in [0, 0.05) is 13.3 Å². The van der Waals surface area contributed by atoms with Gasteiger partial charge in [-0.15, -0.1) is 0 Å². The van der Waals surface area contributed by atoms with Crippen LogP contribution in [0.2, 0.25) is 0 Å². The molecule has 0 saturated heterocycles. The van der Waals surface area contributed by atoms with Gasteiger partial charge in [-0.1, -0.05) is 29.8 Å². The number of methoxy groups -OCH3 is 1. The number of benzene rings is 1. The highest BCUT2D eigenvalue weighted by Gasteiger charge is 2.20. The van der Waals surface area contributed by atoms with Gasteiger partial charge in [0.2, 0.25) is 5.91 Å². The summed E-state index contributed by atoms with van der Waals surface area (Å²) < 4.78 is 4.66. The molecular formula is C13H17NO3. The van der Waals surface area contributed by atoms with Gasteiger partial charge in [-0.3, -0.25) is 4.79 Å². The van der Waals surface area contributed by atoms with E-state index in [0.717, 1.165) is 11.1 Å². The van der Waals surface area contributed by atoms with Crippen LogP contribution in [-0.4, -0.2) is 25.0 Å². The Bertz CT molecular complexity index is 398. The molecule has 92 valence electrons. The zero-order chi connectivity index (χ0) is 12.8. The third-order valence-electron chi connectivity index (χ3n) is 2.42. The Balaban J connectivity index is 2.75. The first-order valence-corrected chi connectivity index (χ1v) is 5.43. The SMILES string of the molecule is COC(=O)[C@@H](Cc1ccc(C)cc1)NC(C)=O. The van der Waals surface area contributed by atoms with Crippen molar-refractivity contribution in [2.24, 2.45) is 0 Å². The van der Waals surface area contributed by atoms with Gasteiger partial charge < -0.3 is 10.1 Å². The molecule has 17 heavy (non-hydrogen) atoms. The fraction of sp³-hybridized carbons (Fsp3) is 0.385. The first-order chi connectivity index (χ1) is 8.02. The van der Waals surface area contributed by atoms with Crippen LogP contribution in [-0.2, 0) is 20.7 Å². The predicted octanol–water partition coefficient (Wildman–Crippen LogP) is 1.22. The number of nitrogens with one attached hydrogen (secondary N) is 1. The molecule has 1 atom stereocenters. The summed E-state index contributed by atoms with van der Waals surface area (Å²) in [6.07, 6.45) is 0.437. The van der Waals surface area contributed by atoms with Gasteiger partial charge in [0.15, 0.2) is 0 Å². The monoisotopic (exact) mass is 235 g/mol. The largest absolute Gasteiger partial charge is 0.467 e. The normalized spacial score (nSPS) is 11.7. The van der Waals surface area contributed by atoms with Gasteiger partial charge in [0.25, 0.3) is 0 Å². The van der Waals surface area contributed by atoms with Crippen LogP contribution in [0.1, 0.15) is 18.1 Å². The molecular weight excluding hydrogens is 218 g/mol. The van der Waals surface area contributed by atoms with Gasteiger partial charge in [0.05, 0.1) is 7.11 Å². The van der Waals surface area contributed by atoms with Gasteiger partial charge in [-0.25, -0.2) is 4.79 Å². The smallest absolute Gasteiger partial charge is 0.328 e. The molecule has 0 aliphatic rings. The lowest BCUT2D eigenvalue weighted by molar-refractivity contribution is -0.144. The van der Waals surface area contributed by atoms with E-state index in [4.69, 9.17) is 0 Å². The number of aryl methyl sites for hydroxylation is 1. The summed E-state index contributed by atoms with van der Waals surface area (Å²) in [5, 5.41) is 2.58. The van der Waals surface area contributed by atoms with Crippen LogP contribution in [0.15, 0.2) is 24.3 Å². The molecule has 0 aromatic heterocycles. The minimum Gasteiger partial charge on any atom is -0.467 e. The van der Waals surface area contributed by atoms with Crippen LogP contribution in [0.5, 0.6) is 0 Å². The molecule has 0 spiro atoms. The number of rotatable bonds is 4. The van der Waals surface area contributed by atoms with Crippen LogP contribution in [0.25, 0.3) is 0 Å². The lowest BCUT2D eigenvalue weighted by Crippen LogP contribution is -2.41. The third kappa shape index (κ3) is 4.26. The third-order valence-corrected chi connectivity index (χ3v) is 2.42. The lowest BCUT2D eigenvalue weighted by Gasteiger charge is -2.15. The molecule has 0 aliphatic carbocycles. The highest BCUT2D eigenvalue weighted by atomic mass is 16.5. The molecule has 1 N–H and O–H groups in total. The summed E-state index contributed by atoms with van der Waals surface area (Å²) in [7, 11) is 1.31. The van der Waals surface area contributed by atoms with Gasteiger partial charge in [-0.2, -0.15) is 0 Å². The second kappa shape index (κ2) is 6.03. The average molecular weight is 235 g/mol. The zero-order valence-electron chi connectivity index (χ0n) is 10.3. The van der Waals surface area contributed by atoms with Crippen molar-refractivity contribution in [3.8, 4) is 0 Å². The second-order valence-electron chi connectivity index (χ2n) is 3.97. The first kappa shape index (κ1) is 13.2. The summed E-state index contributed by atoms with van der Waals surface area (Å²) in [5.74, 6) is -0.673. The van der Waals surface area contributed by atoms with E-state index in [9.17, 15) is 9.59 Å². The van der Waals surface area contributed by atoms with Crippen LogP contribution in [0, 0.1) is 6.92 Å². The zero-order valence-corrected chi connectivity index (χ0v) is 10.3. The van der Waals surface area contributed by atoms with Crippen molar-refractivity contribution in [1.82, 2.24) is 5.32 Å². The maximum Gasteiger partial charge on any atom is 0.328 e. The molecule has 0 bridgehead atoms. The summed E-state index contributed by atoms with van der Waals surface area (Å²) >= 11 is 0. The van der Waals surface area contributed by atoms with E-state index in [0.29, 0.717) is 6.42 Å². The molecule has 4 nitrogen and oxygen atoms in total. The molecule has 0 unspecified atom stereocenters. The van der Waals surface area contributed by atoms with Crippen LogP contribution in [0.4, 0.5) is 0 Å². The quantitative estimate of drug-likeness (QED) is 0.798. The molecule has 4 heteroatoms. The van der Waals surface area contributed by atoms with Crippen LogP contribution in [0.3, 0.4) is 0 Å². The first-order valence-electron chi connectivity index (χ1n) is 5.43. The van der Waals surface area contributed by atoms with Crippen molar-refractivity contribution in [2.75, 3.05) is 7.11 Å². The summed E-state index contributed by atoms with van der Waals surface area (Å²) in [5.41, 5.74) is 2.14. The number of ether oxygens (including phenoxy) is 1. The molecule has 1 aromatic carbocycles. The Kier molecular flexibility index (Phi) is 4.69. The second-order valence-corrected chi connectivity index (χ2v) is 3.97. The van der Waals surface area contributed by atoms with Crippen molar-refractivity contribution < 1.29 is 14.3 Å². The lowest BCUT2D eigenvalue weighted by atomic mass is 10.0. The fourth-order valence-electron chi connectivity index (χ4n) is 1.54. The minimum atomic E-state index is -0.625. The highest BCUT2D eigenvalue weighted by molar-refractivity contribution is 5.83. The van der Waals surface area contributed by atoms with Crippen molar-refractivity contribution in [2.45, 2.75) is 26.3 Å². The van der Waals surface area contributed by atoms with E-state index in [1.54, 1.807) is 0 Å². The van der Waals surface area contributed by atoms with Crippen molar-refractivity contribution in [3.05, 3.63) is 35.4 Å². The number of carbonyl (C=O) groups excluding carboxylic acids is 2. The van der Waals surface area contributed by atoms with Crippen LogP contribution < -0.4 is 5.32 Å². The molecule has 1 aromatic rings. The van der Waals surface area contributed by atoms with Crippen molar-refractivity contribution in [3.63, 3.8) is 0 Å². The number of esters is 1. The van der Waals surface area contributed by atoms with E-state index in [1.807, 2.05) is 31.2 Å². The number of carbonyl (C=O) groups is 2. The minimum absolute atomic E-state index is 0.243. The van der Waals surface area contributed by atoms with Gasteiger partial charge >= 0.3 is 5.97 Å². The van der Waals surface area contributed by atoms with E-state index in [2.05, 4.69) is 10.1 Å². The number of hydrogen-bond acceptors (Lipinski definition) is 3. The molecule has 0 radical (unpaired) electrons. The molecule has 0 aliphatic heterocycles. The van der Waals surface area contributed by atoms with Crippen molar-refractivity contribution in [1.29, 1.82) is 0 Å². The Morgan fingerprint density at radius 2 is 1.88 bits per heavy atom. The summed E-state index contributed by atoms with van der Waals surface area (Å²) in [6.45, 7) is 3.38. The maximum absolute atomic E-state index is 11.5. The Labute approximate surface area is 101 Å². The Morgan fingerprint density at radius 1 is 1.29 bits per heavy atom. The van der Waals surface area contributed by atoms with Crippen molar-refractivity contribution >= 4 is 11.9 Å². The number of amides is 1. The molecule has 0 fully saturated rings. The highest BCUT2D eigenvalue weighted by Crippen LogP contribution is 2.07. The van der Waals surface area contributed by atoms with E-state index in [-0.39, 0.29) is 5.91 Å². The van der Waals surface area contributed by atoms with Gasteiger partial charge in [-0.05, 0) is 12.5 Å². The standard InChI is InChI=1S/C13H17NO3/c1-9-4-6-11(7-5-9)8-12(13(16)17-3)14-10(2)15/h4-7,12H,8H2,1-3H3,(H,14,15)/t12-/m1/s1. The molecule has 1 rings (SSSR count). The topological polar surface area (TPSA) is 55.4 Å². The Hall–Kier alpha value is -1.84. The summed E-state index contributed by atoms with van der Waals surface area (Å²) in [4.78, 5) is 22.5.